The molecule has 0 bridgehead atoms. The molecule has 0 aliphatic rings. The number of aryl methyl sites for hydroxylation is 1. The predicted molar refractivity (Wildman–Crippen MR) is 114 cm³/mol. The van der Waals surface area contributed by atoms with Gasteiger partial charge >= 0.3 is 0 Å². The molecular weight excluding hydrogens is 386 g/mol. The predicted octanol–water partition coefficient (Wildman–Crippen LogP) is 4.05. The Kier molecular flexibility index (Phi) is 6.14. The van der Waals surface area contributed by atoms with Crippen molar-refractivity contribution in [3.63, 3.8) is 0 Å². The van der Waals surface area contributed by atoms with Crippen molar-refractivity contribution < 1.29 is 17.9 Å². The molecule has 0 aliphatic heterocycles. The molecule has 1 N–H and O–H groups in total. The molecule has 3 aromatic carbocycles. The highest BCUT2D eigenvalue weighted by atomic mass is 32.2. The second-order valence-electron chi connectivity index (χ2n) is 6.44. The molecule has 0 aromatic heterocycles. The van der Waals surface area contributed by atoms with Crippen LogP contribution in [0.2, 0.25) is 0 Å². The van der Waals surface area contributed by atoms with Crippen molar-refractivity contribution in [1.29, 1.82) is 0 Å². The zero-order valence-corrected chi connectivity index (χ0v) is 16.9. The Morgan fingerprint density at radius 2 is 1.52 bits per heavy atom. The Morgan fingerprint density at radius 3 is 2.10 bits per heavy atom. The largest absolute Gasteiger partial charge is 0.497 e. The zero-order chi connectivity index (χ0) is 20.9. The smallest absolute Gasteiger partial charge is 0.265 e. The first-order valence-corrected chi connectivity index (χ1v) is 10.4. The lowest BCUT2D eigenvalue weighted by Gasteiger charge is -2.11. The summed E-state index contributed by atoms with van der Waals surface area (Å²) in [6.45, 7) is 1.86. The number of carbonyl (C=O) groups excluding carboxylic acids is 1. The number of nitrogens with one attached hydrogen (secondary N) is 1. The maximum atomic E-state index is 12.9. The van der Waals surface area contributed by atoms with Crippen LogP contribution < -0.4 is 9.46 Å². The molecule has 6 heteroatoms. The van der Waals surface area contributed by atoms with Crippen molar-refractivity contribution >= 4 is 27.6 Å². The van der Waals surface area contributed by atoms with Crippen LogP contribution in [0.3, 0.4) is 0 Å². The first-order chi connectivity index (χ1) is 13.9. The summed E-state index contributed by atoms with van der Waals surface area (Å²) < 4.78 is 32.6. The van der Waals surface area contributed by atoms with Crippen LogP contribution in [0.5, 0.6) is 5.75 Å². The Hall–Kier alpha value is -3.38. The van der Waals surface area contributed by atoms with Crippen LogP contribution in [0.4, 0.5) is 0 Å². The van der Waals surface area contributed by atoms with Gasteiger partial charge in [0.2, 0.25) is 0 Å². The average molecular weight is 407 g/mol. The van der Waals surface area contributed by atoms with Crippen molar-refractivity contribution in [1.82, 2.24) is 4.72 Å². The van der Waals surface area contributed by atoms with E-state index in [2.05, 4.69) is 4.72 Å². The molecule has 148 valence electrons. The Labute approximate surface area is 170 Å². The van der Waals surface area contributed by atoms with Gasteiger partial charge in [0.1, 0.15) is 5.75 Å². The van der Waals surface area contributed by atoms with Crippen LogP contribution in [0.1, 0.15) is 16.7 Å². The van der Waals surface area contributed by atoms with Crippen LogP contribution in [0.25, 0.3) is 11.6 Å². The molecule has 5 nitrogen and oxygen atoms in total. The molecule has 1 amide bonds. The van der Waals surface area contributed by atoms with Gasteiger partial charge in [0, 0.05) is 5.57 Å². The number of ether oxygens (including phenoxy) is 1. The molecule has 0 unspecified atom stereocenters. The normalized spacial score (nSPS) is 11.7. The third kappa shape index (κ3) is 5.12. The van der Waals surface area contributed by atoms with Crippen LogP contribution in [-0.4, -0.2) is 21.4 Å². The van der Waals surface area contributed by atoms with Gasteiger partial charge < -0.3 is 4.74 Å². The topological polar surface area (TPSA) is 72.5 Å². The fourth-order valence-electron chi connectivity index (χ4n) is 2.72. The highest BCUT2D eigenvalue weighted by molar-refractivity contribution is 7.90. The minimum absolute atomic E-state index is 0.0355. The summed E-state index contributed by atoms with van der Waals surface area (Å²) >= 11 is 0. The summed E-state index contributed by atoms with van der Waals surface area (Å²) in [7, 11) is -2.42. The van der Waals surface area contributed by atoms with Crippen LogP contribution in [0, 0.1) is 6.92 Å². The van der Waals surface area contributed by atoms with E-state index in [0.29, 0.717) is 11.3 Å². The van der Waals surface area contributed by atoms with E-state index in [0.717, 1.165) is 11.1 Å². The number of methoxy groups -OCH3 is 1. The molecule has 0 saturated heterocycles. The van der Waals surface area contributed by atoms with Crippen molar-refractivity contribution in [2.45, 2.75) is 11.8 Å². The lowest BCUT2D eigenvalue weighted by Crippen LogP contribution is -2.31. The minimum atomic E-state index is -3.99. The quantitative estimate of drug-likeness (QED) is 0.494. The van der Waals surface area contributed by atoms with E-state index < -0.39 is 15.9 Å². The third-order valence-electron chi connectivity index (χ3n) is 4.31. The van der Waals surface area contributed by atoms with Gasteiger partial charge in [-0.2, -0.15) is 0 Å². The van der Waals surface area contributed by atoms with E-state index in [1.54, 1.807) is 73.8 Å². The van der Waals surface area contributed by atoms with Crippen molar-refractivity contribution in [2.24, 2.45) is 0 Å². The van der Waals surface area contributed by atoms with Gasteiger partial charge in [-0.3, -0.25) is 4.79 Å². The molecule has 3 aromatic rings. The first-order valence-electron chi connectivity index (χ1n) is 8.94. The molecule has 0 atom stereocenters. The number of benzene rings is 3. The summed E-state index contributed by atoms with van der Waals surface area (Å²) in [5, 5.41) is 0. The maximum absolute atomic E-state index is 12.9. The second-order valence-corrected chi connectivity index (χ2v) is 8.13. The molecule has 0 spiro atoms. The highest BCUT2D eigenvalue weighted by Gasteiger charge is 2.21. The van der Waals surface area contributed by atoms with Gasteiger partial charge in [0.15, 0.2) is 0 Å². The molecule has 0 heterocycles. The number of hydrogen-bond acceptors (Lipinski definition) is 4. The fraction of sp³-hybridized carbons (Fsp3) is 0.0870. The van der Waals surface area contributed by atoms with E-state index in [1.807, 2.05) is 13.0 Å². The summed E-state index contributed by atoms with van der Waals surface area (Å²) in [5.74, 6) is -0.0117. The van der Waals surface area contributed by atoms with Crippen LogP contribution in [-0.2, 0) is 14.8 Å². The SMILES string of the molecule is COc1ccc(/C=C(/C(=O)NS(=O)(=O)c2ccc(C)cc2)c2ccccc2)cc1. The van der Waals surface area contributed by atoms with Gasteiger partial charge in [0.25, 0.3) is 15.9 Å². The molecular formula is C23H21NO4S. The Balaban J connectivity index is 1.96. The Bertz CT molecular complexity index is 1120. The lowest BCUT2D eigenvalue weighted by atomic mass is 10.0. The highest BCUT2D eigenvalue weighted by Crippen LogP contribution is 2.21. The summed E-state index contributed by atoms with van der Waals surface area (Å²) in [5.41, 5.74) is 2.53. The first kappa shape index (κ1) is 20.4. The summed E-state index contributed by atoms with van der Waals surface area (Å²) in [6.07, 6.45) is 1.65. The van der Waals surface area contributed by atoms with Crippen molar-refractivity contribution in [3.8, 4) is 5.75 Å². The Morgan fingerprint density at radius 1 is 0.897 bits per heavy atom. The number of sulfonamides is 1. The number of hydrogen-bond donors (Lipinski definition) is 1. The summed E-state index contributed by atoms with van der Waals surface area (Å²) in [4.78, 5) is 13.0. The van der Waals surface area contributed by atoms with Gasteiger partial charge in [-0.15, -0.1) is 0 Å². The van der Waals surface area contributed by atoms with Crippen molar-refractivity contribution in [3.05, 3.63) is 95.6 Å². The lowest BCUT2D eigenvalue weighted by molar-refractivity contribution is -0.113. The van der Waals surface area contributed by atoms with Crippen LogP contribution >= 0.6 is 0 Å². The van der Waals surface area contributed by atoms with E-state index in [-0.39, 0.29) is 10.5 Å². The number of amides is 1. The van der Waals surface area contributed by atoms with Gasteiger partial charge in [-0.1, -0.05) is 60.2 Å². The molecule has 3 rings (SSSR count). The average Bonchev–Trinajstić information content (AvgIpc) is 2.73. The van der Waals surface area contributed by atoms with E-state index in [1.165, 1.54) is 12.1 Å². The monoisotopic (exact) mass is 407 g/mol. The summed E-state index contributed by atoms with van der Waals surface area (Å²) in [6, 6.07) is 22.4. The van der Waals surface area contributed by atoms with Gasteiger partial charge in [-0.25, -0.2) is 13.1 Å². The molecule has 0 saturated carbocycles. The number of carbonyl (C=O) groups is 1. The third-order valence-corrected chi connectivity index (χ3v) is 5.66. The van der Waals surface area contributed by atoms with Crippen LogP contribution in [0.15, 0.2) is 83.8 Å². The van der Waals surface area contributed by atoms with Gasteiger partial charge in [0.05, 0.1) is 12.0 Å². The standard InChI is InChI=1S/C23H21NO4S/c1-17-8-14-21(15-9-17)29(26,27)24-23(25)22(19-6-4-3-5-7-19)16-18-10-12-20(28-2)13-11-18/h3-16H,1-2H3,(H,24,25)/b22-16+. The molecule has 0 fully saturated rings. The molecule has 0 aliphatic carbocycles. The van der Waals surface area contributed by atoms with Crippen molar-refractivity contribution in [2.75, 3.05) is 7.11 Å². The maximum Gasteiger partial charge on any atom is 0.265 e. The molecule has 29 heavy (non-hydrogen) atoms. The number of rotatable bonds is 6. The molecule has 0 radical (unpaired) electrons. The van der Waals surface area contributed by atoms with E-state index in [9.17, 15) is 13.2 Å². The second kappa shape index (κ2) is 8.75. The zero-order valence-electron chi connectivity index (χ0n) is 16.1. The van der Waals surface area contributed by atoms with Gasteiger partial charge in [-0.05, 0) is 48.4 Å². The van der Waals surface area contributed by atoms with E-state index in [4.69, 9.17) is 4.74 Å². The van der Waals surface area contributed by atoms with E-state index >= 15 is 0 Å². The fourth-order valence-corrected chi connectivity index (χ4v) is 3.68. The minimum Gasteiger partial charge on any atom is -0.497 e.